The molecule has 0 aliphatic heterocycles. The van der Waals surface area contributed by atoms with Gasteiger partial charge in [-0.2, -0.15) is 11.8 Å². The van der Waals surface area contributed by atoms with E-state index in [4.69, 9.17) is 5.73 Å². The Kier molecular flexibility index (Phi) is 8.89. The molecule has 0 saturated heterocycles. The summed E-state index contributed by atoms with van der Waals surface area (Å²) in [6.45, 7) is 3.11. The number of rotatable bonds is 6. The predicted molar refractivity (Wildman–Crippen MR) is 81.5 cm³/mol. The molecule has 3 nitrogen and oxygen atoms in total. The fraction of sp³-hybridized carbons (Fsp3) is 0.462. The van der Waals surface area contributed by atoms with Crippen LogP contribution in [0, 0.1) is 0 Å². The normalized spacial score (nSPS) is 13.3. The third kappa shape index (κ3) is 5.29. The van der Waals surface area contributed by atoms with Crippen LogP contribution in [0.25, 0.3) is 0 Å². The largest absolute Gasteiger partial charge is 0.354 e. The molecule has 0 bridgehead atoms. The molecule has 5 heteroatoms. The third-order valence-electron chi connectivity index (χ3n) is 2.72. The molecule has 1 rings (SSSR count). The fourth-order valence-corrected chi connectivity index (χ4v) is 1.78. The Hall–Kier alpha value is -0.710. The Morgan fingerprint density at radius 3 is 2.50 bits per heavy atom. The molecule has 3 N–H and O–H groups in total. The number of carbonyl (C=O) groups is 1. The first-order valence-corrected chi connectivity index (χ1v) is 7.03. The van der Waals surface area contributed by atoms with Gasteiger partial charge in [0.2, 0.25) is 5.91 Å². The maximum Gasteiger partial charge on any atom is 0.228 e. The van der Waals surface area contributed by atoms with E-state index in [1.54, 1.807) is 11.8 Å². The van der Waals surface area contributed by atoms with Crippen LogP contribution in [0.5, 0.6) is 0 Å². The molecule has 0 radical (unpaired) electrons. The lowest BCUT2D eigenvalue weighted by Crippen LogP contribution is -2.36. The van der Waals surface area contributed by atoms with E-state index in [0.29, 0.717) is 18.3 Å². The monoisotopic (exact) mass is 288 g/mol. The molecule has 0 fully saturated rings. The molecule has 18 heavy (non-hydrogen) atoms. The van der Waals surface area contributed by atoms with Gasteiger partial charge in [0.15, 0.2) is 0 Å². The van der Waals surface area contributed by atoms with Crippen molar-refractivity contribution in [1.29, 1.82) is 0 Å². The number of nitrogens with one attached hydrogen (secondary N) is 1. The van der Waals surface area contributed by atoms with Crippen molar-refractivity contribution in [2.75, 3.05) is 19.3 Å². The van der Waals surface area contributed by atoms with Crippen molar-refractivity contribution in [2.24, 2.45) is 5.73 Å². The van der Waals surface area contributed by atoms with Crippen LogP contribution in [0.15, 0.2) is 30.3 Å². The molecule has 0 saturated carbocycles. The number of benzene rings is 1. The quantitative estimate of drug-likeness (QED) is 0.842. The van der Waals surface area contributed by atoms with Crippen molar-refractivity contribution < 1.29 is 4.79 Å². The van der Waals surface area contributed by atoms with Gasteiger partial charge in [0.1, 0.15) is 0 Å². The van der Waals surface area contributed by atoms with Crippen molar-refractivity contribution in [1.82, 2.24) is 5.32 Å². The van der Waals surface area contributed by atoms with Gasteiger partial charge < -0.3 is 11.1 Å². The standard InChI is InChI=1S/C13H20N2OS.ClH/c1-10(17-2)9-15-13(16)12(8-14)11-6-4-3-5-7-11;/h3-7,10,12H,8-9,14H2,1-2H3,(H,15,16);1H. The van der Waals surface area contributed by atoms with Gasteiger partial charge in [-0.3, -0.25) is 4.79 Å². The minimum absolute atomic E-state index is 0. The maximum absolute atomic E-state index is 12.0. The molecule has 1 aromatic carbocycles. The number of amides is 1. The molecule has 1 aromatic rings. The Morgan fingerprint density at radius 1 is 1.39 bits per heavy atom. The number of nitrogens with two attached hydrogens (primary N) is 1. The summed E-state index contributed by atoms with van der Waals surface area (Å²) in [5, 5.41) is 3.37. The summed E-state index contributed by atoms with van der Waals surface area (Å²) in [6, 6.07) is 9.67. The SMILES string of the molecule is CSC(C)CNC(=O)C(CN)c1ccccc1.Cl. The average Bonchev–Trinajstić information content (AvgIpc) is 2.38. The highest BCUT2D eigenvalue weighted by atomic mass is 35.5. The Morgan fingerprint density at radius 2 is 2.00 bits per heavy atom. The van der Waals surface area contributed by atoms with E-state index in [9.17, 15) is 4.79 Å². The minimum atomic E-state index is -0.245. The summed E-state index contributed by atoms with van der Waals surface area (Å²) in [7, 11) is 0. The van der Waals surface area contributed by atoms with Gasteiger partial charge in [0, 0.05) is 18.3 Å². The van der Waals surface area contributed by atoms with Gasteiger partial charge in [-0.15, -0.1) is 12.4 Å². The fourth-order valence-electron chi connectivity index (χ4n) is 1.53. The Balaban J connectivity index is 0.00000289. The number of carbonyl (C=O) groups excluding carboxylic acids is 1. The second kappa shape index (κ2) is 9.25. The highest BCUT2D eigenvalue weighted by Crippen LogP contribution is 2.14. The Labute approximate surface area is 119 Å². The third-order valence-corrected chi connectivity index (χ3v) is 3.69. The van der Waals surface area contributed by atoms with Crippen LogP contribution in [0.2, 0.25) is 0 Å². The highest BCUT2D eigenvalue weighted by molar-refractivity contribution is 7.99. The summed E-state index contributed by atoms with van der Waals surface area (Å²) in [5.74, 6) is -0.232. The predicted octanol–water partition coefficient (Wildman–Crippen LogP) is 2.02. The lowest BCUT2D eigenvalue weighted by Gasteiger charge is -2.16. The van der Waals surface area contributed by atoms with Crippen molar-refractivity contribution in [2.45, 2.75) is 18.1 Å². The van der Waals surface area contributed by atoms with E-state index < -0.39 is 0 Å². The number of halogens is 1. The average molecular weight is 289 g/mol. The molecule has 0 aromatic heterocycles. The molecule has 2 atom stereocenters. The maximum atomic E-state index is 12.0. The van der Waals surface area contributed by atoms with Gasteiger partial charge in [-0.1, -0.05) is 37.3 Å². The van der Waals surface area contributed by atoms with E-state index in [1.165, 1.54) is 0 Å². The number of thioether (sulfide) groups is 1. The molecule has 102 valence electrons. The first-order valence-electron chi connectivity index (χ1n) is 5.74. The second-order valence-corrected chi connectivity index (χ2v) is 5.27. The molecule has 0 aliphatic carbocycles. The van der Waals surface area contributed by atoms with Gasteiger partial charge in [0.25, 0.3) is 0 Å². The summed E-state index contributed by atoms with van der Waals surface area (Å²) in [5.41, 5.74) is 6.65. The smallest absolute Gasteiger partial charge is 0.228 e. The van der Waals surface area contributed by atoms with Crippen LogP contribution in [0.1, 0.15) is 18.4 Å². The van der Waals surface area contributed by atoms with Gasteiger partial charge in [-0.25, -0.2) is 0 Å². The van der Waals surface area contributed by atoms with Crippen molar-refractivity contribution >= 4 is 30.1 Å². The van der Waals surface area contributed by atoms with Crippen molar-refractivity contribution in [3.05, 3.63) is 35.9 Å². The van der Waals surface area contributed by atoms with Gasteiger partial charge in [-0.05, 0) is 11.8 Å². The topological polar surface area (TPSA) is 55.1 Å². The van der Waals surface area contributed by atoms with E-state index in [1.807, 2.05) is 36.6 Å². The lowest BCUT2D eigenvalue weighted by molar-refractivity contribution is -0.122. The van der Waals surface area contributed by atoms with Crippen LogP contribution in [0.3, 0.4) is 0 Å². The zero-order valence-electron chi connectivity index (χ0n) is 10.8. The van der Waals surface area contributed by atoms with E-state index in [0.717, 1.165) is 5.56 Å². The van der Waals surface area contributed by atoms with Crippen LogP contribution in [-0.2, 0) is 4.79 Å². The minimum Gasteiger partial charge on any atom is -0.354 e. The van der Waals surface area contributed by atoms with E-state index in [2.05, 4.69) is 12.2 Å². The first-order chi connectivity index (χ1) is 8.19. The molecule has 0 spiro atoms. The lowest BCUT2D eigenvalue weighted by atomic mass is 9.98. The molecule has 0 aliphatic rings. The van der Waals surface area contributed by atoms with E-state index in [-0.39, 0.29) is 24.2 Å². The second-order valence-electron chi connectivity index (χ2n) is 3.99. The van der Waals surface area contributed by atoms with Gasteiger partial charge >= 0.3 is 0 Å². The molecule has 2 unspecified atom stereocenters. The molecular weight excluding hydrogens is 268 g/mol. The molecule has 0 heterocycles. The summed E-state index contributed by atoms with van der Waals surface area (Å²) < 4.78 is 0. The number of hydrogen-bond donors (Lipinski definition) is 2. The van der Waals surface area contributed by atoms with Crippen LogP contribution >= 0.6 is 24.2 Å². The summed E-state index contributed by atoms with van der Waals surface area (Å²) >= 11 is 1.74. The zero-order valence-corrected chi connectivity index (χ0v) is 12.4. The molecule has 1 amide bonds. The summed E-state index contributed by atoms with van der Waals surface area (Å²) in [6.07, 6.45) is 2.04. The van der Waals surface area contributed by atoms with Crippen molar-refractivity contribution in [3.8, 4) is 0 Å². The van der Waals surface area contributed by atoms with Crippen LogP contribution < -0.4 is 11.1 Å². The highest BCUT2D eigenvalue weighted by Gasteiger charge is 2.18. The first kappa shape index (κ1) is 17.3. The van der Waals surface area contributed by atoms with E-state index >= 15 is 0 Å². The Bertz CT molecular complexity index is 348. The van der Waals surface area contributed by atoms with Crippen LogP contribution in [-0.4, -0.2) is 30.5 Å². The zero-order chi connectivity index (χ0) is 12.7. The van der Waals surface area contributed by atoms with Crippen molar-refractivity contribution in [3.63, 3.8) is 0 Å². The van der Waals surface area contributed by atoms with Gasteiger partial charge in [0.05, 0.1) is 5.92 Å². The summed E-state index contributed by atoms with van der Waals surface area (Å²) in [4.78, 5) is 12.0. The molecular formula is C13H21ClN2OS. The number of hydrogen-bond acceptors (Lipinski definition) is 3. The van der Waals surface area contributed by atoms with Crippen LogP contribution in [0.4, 0.5) is 0 Å².